The second kappa shape index (κ2) is 9.05. The molecule has 3 nitrogen and oxygen atoms in total. The van der Waals surface area contributed by atoms with Gasteiger partial charge in [-0.05, 0) is 42.2 Å². The van der Waals surface area contributed by atoms with E-state index in [4.69, 9.17) is 0 Å². The Balaban J connectivity index is 1.94. The molecule has 124 valence electrons. The summed E-state index contributed by atoms with van der Waals surface area (Å²) < 4.78 is 0. The smallest absolute Gasteiger partial charge is 0.253 e. The minimum absolute atomic E-state index is 0.0798. The number of nitrogens with one attached hydrogen (secondary N) is 1. The minimum Gasteiger partial charge on any atom is -0.378 e. The number of thioether (sulfide) groups is 1. The van der Waals surface area contributed by atoms with Crippen molar-refractivity contribution in [2.45, 2.75) is 11.8 Å². The molecule has 0 atom stereocenters. The Hall–Kier alpha value is -2.38. The minimum atomic E-state index is -0.0798. The summed E-state index contributed by atoms with van der Waals surface area (Å²) in [7, 11) is 4.01. The van der Waals surface area contributed by atoms with Gasteiger partial charge in [-0.15, -0.1) is 11.8 Å². The van der Waals surface area contributed by atoms with E-state index in [1.54, 1.807) is 11.8 Å². The summed E-state index contributed by atoms with van der Waals surface area (Å²) in [6, 6.07) is 15.7. The molecule has 24 heavy (non-hydrogen) atoms. The van der Waals surface area contributed by atoms with E-state index < -0.39 is 0 Å². The van der Waals surface area contributed by atoms with Crippen molar-refractivity contribution in [3.05, 3.63) is 59.7 Å². The molecule has 0 aliphatic carbocycles. The van der Waals surface area contributed by atoms with Gasteiger partial charge in [0.15, 0.2) is 0 Å². The van der Waals surface area contributed by atoms with Gasteiger partial charge in [0.05, 0.1) is 12.1 Å². The number of anilines is 1. The Morgan fingerprint density at radius 1 is 1.12 bits per heavy atom. The van der Waals surface area contributed by atoms with Crippen LogP contribution in [0, 0.1) is 11.8 Å². The molecule has 0 unspecified atom stereocenters. The van der Waals surface area contributed by atoms with Crippen molar-refractivity contribution >= 4 is 23.4 Å². The summed E-state index contributed by atoms with van der Waals surface area (Å²) in [6.45, 7) is 2.41. The quantitative estimate of drug-likeness (QED) is 0.667. The van der Waals surface area contributed by atoms with Gasteiger partial charge in [-0.2, -0.15) is 0 Å². The maximum Gasteiger partial charge on any atom is 0.253 e. The van der Waals surface area contributed by atoms with E-state index in [0.717, 1.165) is 21.9 Å². The molecule has 2 aromatic carbocycles. The number of amides is 1. The molecule has 0 spiro atoms. The molecule has 1 N–H and O–H groups in total. The van der Waals surface area contributed by atoms with E-state index in [0.29, 0.717) is 12.1 Å². The fourth-order valence-electron chi connectivity index (χ4n) is 2.14. The molecule has 4 heteroatoms. The first-order valence-corrected chi connectivity index (χ1v) is 8.86. The lowest BCUT2D eigenvalue weighted by molar-refractivity contribution is 0.0956. The Labute approximate surface area is 148 Å². The number of benzene rings is 2. The van der Waals surface area contributed by atoms with Crippen LogP contribution in [0.3, 0.4) is 0 Å². The maximum atomic E-state index is 12.3. The van der Waals surface area contributed by atoms with Crippen molar-refractivity contribution in [2.24, 2.45) is 0 Å². The molecular formula is C20H22N2OS. The Morgan fingerprint density at radius 3 is 2.50 bits per heavy atom. The molecule has 2 aromatic rings. The second-order valence-electron chi connectivity index (χ2n) is 5.35. The average Bonchev–Trinajstić information content (AvgIpc) is 2.59. The van der Waals surface area contributed by atoms with E-state index in [9.17, 15) is 4.79 Å². The summed E-state index contributed by atoms with van der Waals surface area (Å²) in [5, 5.41) is 2.86. The monoisotopic (exact) mass is 338 g/mol. The lowest BCUT2D eigenvalue weighted by Gasteiger charge is -2.11. The van der Waals surface area contributed by atoms with Crippen LogP contribution < -0.4 is 10.2 Å². The topological polar surface area (TPSA) is 32.3 Å². The van der Waals surface area contributed by atoms with E-state index >= 15 is 0 Å². The van der Waals surface area contributed by atoms with E-state index in [1.165, 1.54) is 0 Å². The van der Waals surface area contributed by atoms with Crippen LogP contribution in [-0.4, -0.2) is 32.3 Å². The third kappa shape index (κ3) is 5.07. The fourth-order valence-corrected chi connectivity index (χ4v) is 2.95. The van der Waals surface area contributed by atoms with Gasteiger partial charge in [-0.3, -0.25) is 4.79 Å². The van der Waals surface area contributed by atoms with Gasteiger partial charge in [-0.25, -0.2) is 0 Å². The van der Waals surface area contributed by atoms with Crippen molar-refractivity contribution in [3.8, 4) is 11.8 Å². The van der Waals surface area contributed by atoms with Crippen molar-refractivity contribution in [1.29, 1.82) is 0 Å². The Bertz CT molecular complexity index is 742. The third-order valence-corrected chi connectivity index (χ3v) is 4.34. The molecule has 1 amide bonds. The highest BCUT2D eigenvalue weighted by molar-refractivity contribution is 7.99. The van der Waals surface area contributed by atoms with Gasteiger partial charge in [-0.1, -0.05) is 30.9 Å². The van der Waals surface area contributed by atoms with Crippen LogP contribution in [0.5, 0.6) is 0 Å². The molecule has 2 rings (SSSR count). The standard InChI is InChI=1S/C20H22N2OS/c1-4-24-19-10-6-5-9-18(19)20(23)21-15-7-8-16-11-13-17(14-12-16)22(2)3/h5-6,9-14H,4,15H2,1-3H3,(H,21,23). The van der Waals surface area contributed by atoms with Crippen molar-refractivity contribution in [1.82, 2.24) is 5.32 Å². The van der Waals surface area contributed by atoms with Crippen molar-refractivity contribution in [2.75, 3.05) is 31.3 Å². The van der Waals surface area contributed by atoms with Crippen LogP contribution in [0.15, 0.2) is 53.4 Å². The number of hydrogen-bond acceptors (Lipinski definition) is 3. The lowest BCUT2D eigenvalue weighted by atomic mass is 10.2. The fraction of sp³-hybridized carbons (Fsp3) is 0.250. The normalized spacial score (nSPS) is 9.79. The molecule has 0 aliphatic rings. The first kappa shape index (κ1) is 18.0. The Kier molecular flexibility index (Phi) is 6.77. The van der Waals surface area contributed by atoms with Crippen molar-refractivity contribution < 1.29 is 4.79 Å². The number of carbonyl (C=O) groups excluding carboxylic acids is 1. The molecule has 0 aromatic heterocycles. The molecule has 0 bridgehead atoms. The molecule has 0 heterocycles. The molecule has 0 saturated heterocycles. The second-order valence-corrected chi connectivity index (χ2v) is 6.66. The van der Waals surface area contributed by atoms with Crippen LogP contribution in [0.4, 0.5) is 5.69 Å². The SMILES string of the molecule is CCSc1ccccc1C(=O)NCC#Cc1ccc(N(C)C)cc1. The number of nitrogens with zero attached hydrogens (tertiary/aromatic N) is 1. The van der Waals surface area contributed by atoms with E-state index in [-0.39, 0.29) is 5.91 Å². The van der Waals surface area contributed by atoms with Crippen LogP contribution in [0.25, 0.3) is 0 Å². The summed E-state index contributed by atoms with van der Waals surface area (Å²) >= 11 is 1.67. The third-order valence-electron chi connectivity index (χ3n) is 3.39. The summed E-state index contributed by atoms with van der Waals surface area (Å²) in [5.74, 6) is 6.93. The molecule has 0 aliphatic heterocycles. The first-order chi connectivity index (χ1) is 11.6. The van der Waals surface area contributed by atoms with Gasteiger partial charge >= 0.3 is 0 Å². The number of rotatable bonds is 5. The Morgan fingerprint density at radius 2 is 1.83 bits per heavy atom. The number of carbonyl (C=O) groups is 1. The van der Waals surface area contributed by atoms with Gasteiger partial charge < -0.3 is 10.2 Å². The van der Waals surface area contributed by atoms with Crippen LogP contribution >= 0.6 is 11.8 Å². The highest BCUT2D eigenvalue weighted by Gasteiger charge is 2.09. The van der Waals surface area contributed by atoms with Gasteiger partial charge in [0.1, 0.15) is 0 Å². The molecule has 0 radical (unpaired) electrons. The first-order valence-electron chi connectivity index (χ1n) is 7.88. The summed E-state index contributed by atoms with van der Waals surface area (Å²) in [5.41, 5.74) is 2.79. The number of hydrogen-bond donors (Lipinski definition) is 1. The van der Waals surface area contributed by atoms with Crippen LogP contribution in [0.1, 0.15) is 22.8 Å². The predicted molar refractivity (Wildman–Crippen MR) is 103 cm³/mol. The van der Waals surface area contributed by atoms with Gasteiger partial charge in [0, 0.05) is 30.2 Å². The van der Waals surface area contributed by atoms with Crippen LogP contribution in [0.2, 0.25) is 0 Å². The van der Waals surface area contributed by atoms with Gasteiger partial charge in [0.25, 0.3) is 5.91 Å². The maximum absolute atomic E-state index is 12.3. The largest absolute Gasteiger partial charge is 0.378 e. The predicted octanol–water partition coefficient (Wildman–Crippen LogP) is 3.65. The van der Waals surface area contributed by atoms with E-state index in [2.05, 4.69) is 24.1 Å². The van der Waals surface area contributed by atoms with Crippen LogP contribution in [-0.2, 0) is 0 Å². The zero-order chi connectivity index (χ0) is 17.4. The lowest BCUT2D eigenvalue weighted by Crippen LogP contribution is -2.24. The zero-order valence-corrected chi connectivity index (χ0v) is 15.1. The molecule has 0 saturated carbocycles. The zero-order valence-electron chi connectivity index (χ0n) is 14.3. The van der Waals surface area contributed by atoms with E-state index in [1.807, 2.05) is 67.5 Å². The van der Waals surface area contributed by atoms with Crippen molar-refractivity contribution in [3.63, 3.8) is 0 Å². The summed E-state index contributed by atoms with van der Waals surface area (Å²) in [4.78, 5) is 15.3. The summed E-state index contributed by atoms with van der Waals surface area (Å²) in [6.07, 6.45) is 0. The molecular weight excluding hydrogens is 316 g/mol. The average molecular weight is 338 g/mol. The molecule has 0 fully saturated rings. The van der Waals surface area contributed by atoms with Gasteiger partial charge in [0.2, 0.25) is 0 Å². The highest BCUT2D eigenvalue weighted by atomic mass is 32.2. The highest BCUT2D eigenvalue weighted by Crippen LogP contribution is 2.21.